The van der Waals surface area contributed by atoms with Gasteiger partial charge in [-0.1, -0.05) is 61.4 Å². The molecule has 4 heteroatoms. The molecule has 0 saturated heterocycles. The first-order valence-electron chi connectivity index (χ1n) is 8.36. The van der Waals surface area contributed by atoms with Crippen LogP contribution in [0.25, 0.3) is 11.6 Å². The first kappa shape index (κ1) is 20.5. The lowest BCUT2D eigenvalue weighted by Crippen LogP contribution is -2.23. The first-order chi connectivity index (χ1) is 12.6. The highest BCUT2D eigenvalue weighted by Gasteiger charge is 2.30. The second-order valence-corrected chi connectivity index (χ2v) is 6.52. The molecule has 0 unspecified atom stereocenters. The van der Waals surface area contributed by atoms with Gasteiger partial charge >= 0.3 is 6.18 Å². The molecule has 0 fully saturated rings. The molecular formula is C23H21F3O. The van der Waals surface area contributed by atoms with Crippen LogP contribution in [0.4, 0.5) is 13.2 Å². The number of hydrogen-bond donors (Lipinski definition) is 0. The van der Waals surface area contributed by atoms with Gasteiger partial charge in [-0.25, -0.2) is 0 Å². The highest BCUT2D eigenvalue weighted by Crippen LogP contribution is 2.29. The third kappa shape index (κ3) is 5.87. The largest absolute Gasteiger partial charge is 0.416 e. The molecule has 0 radical (unpaired) electrons. The molecule has 0 aliphatic carbocycles. The lowest BCUT2D eigenvalue weighted by atomic mass is 10.0. The molecule has 0 aliphatic rings. The van der Waals surface area contributed by atoms with Crippen LogP contribution in [0.5, 0.6) is 0 Å². The predicted octanol–water partition coefficient (Wildman–Crippen LogP) is 6.21. The Labute approximate surface area is 158 Å². The molecule has 2 aromatic carbocycles. The highest BCUT2D eigenvalue weighted by molar-refractivity contribution is 5.73. The predicted molar refractivity (Wildman–Crippen MR) is 104 cm³/mol. The maximum Gasteiger partial charge on any atom is 0.416 e. The molecule has 140 valence electrons. The molecule has 0 aliphatic heterocycles. The Bertz CT molecular complexity index is 896. The van der Waals surface area contributed by atoms with Gasteiger partial charge in [0.05, 0.1) is 12.2 Å². The lowest BCUT2D eigenvalue weighted by molar-refractivity contribution is -0.137. The smallest absolute Gasteiger partial charge is 0.358 e. The summed E-state index contributed by atoms with van der Waals surface area (Å²) in [6.45, 7) is 11.6. The zero-order valence-electron chi connectivity index (χ0n) is 15.4. The van der Waals surface area contributed by atoms with E-state index < -0.39 is 17.3 Å². The van der Waals surface area contributed by atoms with Crippen molar-refractivity contribution in [3.63, 3.8) is 0 Å². The summed E-state index contributed by atoms with van der Waals surface area (Å²) < 4.78 is 44.2. The van der Waals surface area contributed by atoms with E-state index >= 15 is 0 Å². The molecule has 0 bridgehead atoms. The average Bonchev–Trinajstić information content (AvgIpc) is 2.64. The van der Waals surface area contributed by atoms with Gasteiger partial charge in [0.2, 0.25) is 0 Å². The number of benzene rings is 2. The van der Waals surface area contributed by atoms with Crippen LogP contribution in [0.15, 0.2) is 61.7 Å². The normalized spacial score (nSPS) is 11.4. The quantitative estimate of drug-likeness (QED) is 0.569. The summed E-state index contributed by atoms with van der Waals surface area (Å²) in [5, 5.41) is 0. The van der Waals surface area contributed by atoms with Crippen molar-refractivity contribution in [2.45, 2.75) is 25.6 Å². The van der Waals surface area contributed by atoms with Crippen molar-refractivity contribution >= 4 is 11.6 Å². The Morgan fingerprint density at radius 3 is 2.48 bits per heavy atom. The lowest BCUT2D eigenvalue weighted by Gasteiger charge is -2.20. The van der Waals surface area contributed by atoms with E-state index in [4.69, 9.17) is 4.74 Å². The Kier molecular flexibility index (Phi) is 6.30. The Balaban J connectivity index is 2.09. The molecule has 0 saturated carbocycles. The third-order valence-electron chi connectivity index (χ3n) is 3.87. The number of ether oxygens (including phenoxy) is 1. The second kappa shape index (κ2) is 8.28. The van der Waals surface area contributed by atoms with Crippen molar-refractivity contribution in [1.82, 2.24) is 0 Å². The van der Waals surface area contributed by atoms with Crippen molar-refractivity contribution in [3.8, 4) is 11.8 Å². The third-order valence-corrected chi connectivity index (χ3v) is 3.87. The molecule has 0 amide bonds. The van der Waals surface area contributed by atoms with Gasteiger partial charge in [0, 0.05) is 5.56 Å². The van der Waals surface area contributed by atoms with Gasteiger partial charge in [0.1, 0.15) is 5.60 Å². The zero-order chi connectivity index (χ0) is 20.1. The monoisotopic (exact) mass is 370 g/mol. The fourth-order valence-corrected chi connectivity index (χ4v) is 2.37. The Morgan fingerprint density at radius 2 is 1.81 bits per heavy atom. The summed E-state index contributed by atoms with van der Waals surface area (Å²) in [5.41, 5.74) is 1.40. The summed E-state index contributed by atoms with van der Waals surface area (Å²) in [6, 6.07) is 12.6. The topological polar surface area (TPSA) is 9.23 Å². The molecular weight excluding hydrogens is 349 g/mol. The van der Waals surface area contributed by atoms with E-state index in [0.29, 0.717) is 0 Å². The van der Waals surface area contributed by atoms with Crippen molar-refractivity contribution in [2.24, 2.45) is 0 Å². The van der Waals surface area contributed by atoms with Crippen LogP contribution in [0.3, 0.4) is 0 Å². The van der Waals surface area contributed by atoms with Crippen molar-refractivity contribution in [1.29, 1.82) is 0 Å². The number of rotatable bonds is 5. The fourth-order valence-electron chi connectivity index (χ4n) is 2.37. The number of hydrogen-bond acceptors (Lipinski definition) is 1. The summed E-state index contributed by atoms with van der Waals surface area (Å²) in [7, 11) is 0. The standard InChI is InChI=1S/C23H21F3O/c1-5-19-10-6-7-12-21(19)17(2)16-27-22(3,4)14-13-18-9-8-11-20(15-18)23(24,25)26/h5-12,15H,1-2,16H2,3-4H3. The molecule has 0 atom stereocenters. The molecule has 2 rings (SSSR count). The van der Waals surface area contributed by atoms with Gasteiger partial charge in [-0.2, -0.15) is 13.2 Å². The van der Waals surface area contributed by atoms with E-state index in [2.05, 4.69) is 25.0 Å². The van der Waals surface area contributed by atoms with Crippen LogP contribution in [0.1, 0.15) is 36.1 Å². The van der Waals surface area contributed by atoms with Crippen molar-refractivity contribution in [3.05, 3.63) is 83.9 Å². The minimum Gasteiger partial charge on any atom is -0.358 e. The SMILES string of the molecule is C=Cc1ccccc1C(=C)COC(C)(C)C#Cc1cccc(C(F)(F)F)c1. The van der Waals surface area contributed by atoms with Crippen molar-refractivity contribution in [2.75, 3.05) is 6.61 Å². The van der Waals surface area contributed by atoms with E-state index in [1.807, 2.05) is 24.3 Å². The van der Waals surface area contributed by atoms with Gasteiger partial charge < -0.3 is 4.74 Å². The van der Waals surface area contributed by atoms with E-state index in [1.165, 1.54) is 12.1 Å². The van der Waals surface area contributed by atoms with E-state index in [1.54, 1.807) is 19.9 Å². The summed E-state index contributed by atoms with van der Waals surface area (Å²) in [5.74, 6) is 5.65. The van der Waals surface area contributed by atoms with Gasteiger partial charge in [-0.05, 0) is 48.7 Å². The Hall–Kier alpha value is -2.77. The number of alkyl halides is 3. The summed E-state index contributed by atoms with van der Waals surface area (Å²) in [4.78, 5) is 0. The molecule has 27 heavy (non-hydrogen) atoms. The van der Waals surface area contributed by atoms with Crippen LogP contribution in [0, 0.1) is 11.8 Å². The zero-order valence-corrected chi connectivity index (χ0v) is 15.4. The van der Waals surface area contributed by atoms with Gasteiger partial charge in [0.15, 0.2) is 0 Å². The van der Waals surface area contributed by atoms with Crippen LogP contribution in [-0.4, -0.2) is 12.2 Å². The average molecular weight is 370 g/mol. The van der Waals surface area contributed by atoms with Crippen molar-refractivity contribution < 1.29 is 17.9 Å². The second-order valence-electron chi connectivity index (χ2n) is 6.52. The maximum absolute atomic E-state index is 12.8. The molecule has 1 nitrogen and oxygen atoms in total. The van der Waals surface area contributed by atoms with E-state index in [0.717, 1.165) is 28.8 Å². The van der Waals surface area contributed by atoms with Gasteiger partial charge in [0.25, 0.3) is 0 Å². The minimum absolute atomic E-state index is 0.245. The first-order valence-corrected chi connectivity index (χ1v) is 8.36. The van der Waals surface area contributed by atoms with Crippen LogP contribution < -0.4 is 0 Å². The highest BCUT2D eigenvalue weighted by atomic mass is 19.4. The van der Waals surface area contributed by atoms with Crippen LogP contribution in [-0.2, 0) is 10.9 Å². The van der Waals surface area contributed by atoms with Gasteiger partial charge in [-0.15, -0.1) is 0 Å². The fraction of sp³-hybridized carbons (Fsp3) is 0.217. The molecule has 0 N–H and O–H groups in total. The molecule has 2 aromatic rings. The molecule has 0 aromatic heterocycles. The Morgan fingerprint density at radius 1 is 1.11 bits per heavy atom. The summed E-state index contributed by atoms with van der Waals surface area (Å²) >= 11 is 0. The molecule has 0 spiro atoms. The molecule has 0 heterocycles. The van der Waals surface area contributed by atoms with Crippen LogP contribution >= 0.6 is 0 Å². The van der Waals surface area contributed by atoms with E-state index in [9.17, 15) is 13.2 Å². The van der Waals surface area contributed by atoms with Crippen LogP contribution in [0.2, 0.25) is 0 Å². The van der Waals surface area contributed by atoms with E-state index in [-0.39, 0.29) is 12.2 Å². The minimum atomic E-state index is -4.39. The maximum atomic E-state index is 12.8. The van der Waals surface area contributed by atoms with Gasteiger partial charge in [-0.3, -0.25) is 0 Å². The number of halogens is 3. The summed E-state index contributed by atoms with van der Waals surface area (Å²) in [6.07, 6.45) is -2.64.